The van der Waals surface area contributed by atoms with Crippen LogP contribution in [0.5, 0.6) is 0 Å². The van der Waals surface area contributed by atoms with Gasteiger partial charge >= 0.3 is 0 Å². The zero-order valence-corrected chi connectivity index (χ0v) is 27.3. The van der Waals surface area contributed by atoms with Gasteiger partial charge in [-0.3, -0.25) is 68.4 Å². The highest BCUT2D eigenvalue weighted by atomic mass is 35.5. The summed E-state index contributed by atoms with van der Waals surface area (Å²) >= 11 is 15.0. The molecule has 2 unspecified atom stereocenters. The lowest BCUT2D eigenvalue weighted by atomic mass is 10.0. The number of nitrogens with one attached hydrogen (secondary N) is 3. The first-order valence-corrected chi connectivity index (χ1v) is 15.7. The Kier molecular flexibility index (Phi) is 11.5. The number of carbonyl (C=O) groups is 10. The SMILES string of the molecule is Nc1ccc2c(c1)C(=O)N(C1CCC(=O)NC1=O)C2=O.O=C(Cl)CCl.O=C1CCC(N2C(=O)c3ccc(NC(=O)CCl)cc3C2=O)C(=O)N1. The molecule has 4 aliphatic heterocycles. The molecule has 49 heavy (non-hydrogen) atoms. The first-order valence-electron chi connectivity index (χ1n) is 14.2. The van der Waals surface area contributed by atoms with Gasteiger partial charge in [0.2, 0.25) is 34.8 Å². The van der Waals surface area contributed by atoms with E-state index < -0.39 is 70.5 Å². The zero-order valence-electron chi connectivity index (χ0n) is 25.0. The highest BCUT2D eigenvalue weighted by molar-refractivity contribution is 6.67. The van der Waals surface area contributed by atoms with Crippen molar-refractivity contribution in [1.82, 2.24) is 20.4 Å². The maximum absolute atomic E-state index is 12.5. The summed E-state index contributed by atoms with van der Waals surface area (Å²) in [6.07, 6.45) is 0.393. The third kappa shape index (κ3) is 7.93. The minimum absolute atomic E-state index is 0.0564. The lowest BCUT2D eigenvalue weighted by Crippen LogP contribution is -2.54. The van der Waals surface area contributed by atoms with E-state index in [-0.39, 0.29) is 59.7 Å². The molecule has 0 aromatic heterocycles. The van der Waals surface area contributed by atoms with E-state index in [2.05, 4.69) is 16.0 Å². The van der Waals surface area contributed by atoms with Crippen molar-refractivity contribution in [2.24, 2.45) is 0 Å². The lowest BCUT2D eigenvalue weighted by molar-refractivity contribution is -0.137. The van der Waals surface area contributed by atoms with Crippen LogP contribution in [-0.4, -0.2) is 92.1 Å². The monoisotopic (exact) mass is 734 g/mol. The fraction of sp³-hybridized carbons (Fsp3) is 0.267. The number of imide groups is 4. The molecule has 5 N–H and O–H groups in total. The van der Waals surface area contributed by atoms with Gasteiger partial charge in [0.25, 0.3) is 23.6 Å². The third-order valence-corrected chi connectivity index (χ3v) is 8.17. The summed E-state index contributed by atoms with van der Waals surface area (Å²) in [6.45, 7) is 0. The van der Waals surface area contributed by atoms with Crippen molar-refractivity contribution in [3.05, 3.63) is 58.7 Å². The molecule has 19 heteroatoms. The van der Waals surface area contributed by atoms with Gasteiger partial charge in [-0.15, -0.1) is 23.2 Å². The van der Waals surface area contributed by atoms with Crippen LogP contribution in [0.2, 0.25) is 0 Å². The second kappa shape index (κ2) is 15.4. The molecule has 16 nitrogen and oxygen atoms in total. The minimum atomic E-state index is -1.02. The highest BCUT2D eigenvalue weighted by Crippen LogP contribution is 2.30. The van der Waals surface area contributed by atoms with Crippen molar-refractivity contribution in [2.45, 2.75) is 37.8 Å². The van der Waals surface area contributed by atoms with Gasteiger partial charge in [-0.2, -0.15) is 0 Å². The smallest absolute Gasteiger partial charge is 0.262 e. The number of nitrogens with zero attached hydrogens (tertiary/aromatic N) is 2. The van der Waals surface area contributed by atoms with Crippen LogP contribution >= 0.6 is 34.8 Å². The summed E-state index contributed by atoms with van der Waals surface area (Å²) < 4.78 is 0. The summed E-state index contributed by atoms with van der Waals surface area (Å²) in [5.74, 6) is -5.22. The maximum atomic E-state index is 12.5. The van der Waals surface area contributed by atoms with Gasteiger partial charge in [0.05, 0.1) is 28.1 Å². The zero-order chi connectivity index (χ0) is 36.2. The van der Waals surface area contributed by atoms with E-state index in [4.69, 9.17) is 40.5 Å². The molecule has 0 saturated carbocycles. The lowest BCUT2D eigenvalue weighted by Gasteiger charge is -2.27. The summed E-state index contributed by atoms with van der Waals surface area (Å²) in [5, 5.41) is 6.24. The van der Waals surface area contributed by atoms with E-state index in [9.17, 15) is 47.9 Å². The van der Waals surface area contributed by atoms with E-state index >= 15 is 0 Å². The quantitative estimate of drug-likeness (QED) is 0.146. The first kappa shape index (κ1) is 36.6. The van der Waals surface area contributed by atoms with E-state index in [1.807, 2.05) is 0 Å². The molecule has 256 valence electrons. The van der Waals surface area contributed by atoms with Crippen molar-refractivity contribution in [3.63, 3.8) is 0 Å². The number of carbonyl (C=O) groups excluding carboxylic acids is 10. The molecule has 4 aliphatic rings. The Hall–Kier alpha value is -5.19. The molecule has 4 heterocycles. The molecule has 9 amide bonds. The van der Waals surface area contributed by atoms with Crippen molar-refractivity contribution >= 4 is 105 Å². The van der Waals surface area contributed by atoms with Gasteiger partial charge < -0.3 is 11.1 Å². The highest BCUT2D eigenvalue weighted by Gasteiger charge is 2.46. The van der Waals surface area contributed by atoms with Crippen LogP contribution in [0.1, 0.15) is 67.1 Å². The molecule has 6 rings (SSSR count). The van der Waals surface area contributed by atoms with E-state index in [0.717, 1.165) is 9.80 Å². The van der Waals surface area contributed by atoms with Crippen LogP contribution in [0.4, 0.5) is 11.4 Å². The number of nitrogens with two attached hydrogens (primary N) is 1. The van der Waals surface area contributed by atoms with Crippen LogP contribution in [0, 0.1) is 0 Å². The standard InChI is InChI=1S/C15H12ClN3O5.C13H11N3O4.C2H2Cl2O/c16-6-12(21)17-7-1-2-8-9(5-7)15(24)19(14(8)23)10-3-4-11(20)18-13(10)22;14-6-1-2-7-8(5-6)13(20)16(12(7)19)9-3-4-10(17)15-11(9)18;3-1-2(4)5/h1-2,5,10H,3-4,6H2,(H,17,21)(H,18,20,22);1-2,5,9H,3-4,14H2,(H,15,17,18);1H2. The van der Waals surface area contributed by atoms with Crippen molar-refractivity contribution in [2.75, 3.05) is 22.8 Å². The van der Waals surface area contributed by atoms with Gasteiger partial charge in [0, 0.05) is 24.2 Å². The number of fused-ring (bicyclic) bond motifs is 2. The van der Waals surface area contributed by atoms with Gasteiger partial charge in [-0.05, 0) is 60.8 Å². The molecule has 2 fully saturated rings. The Morgan fingerprint density at radius 1 is 0.694 bits per heavy atom. The van der Waals surface area contributed by atoms with Crippen molar-refractivity contribution in [1.29, 1.82) is 0 Å². The molecule has 0 bridgehead atoms. The number of piperidine rings is 2. The van der Waals surface area contributed by atoms with Gasteiger partial charge in [-0.25, -0.2) is 0 Å². The summed E-state index contributed by atoms with van der Waals surface area (Å²) in [6, 6.07) is 6.70. The summed E-state index contributed by atoms with van der Waals surface area (Å²) in [7, 11) is 0. The van der Waals surface area contributed by atoms with E-state index in [1.54, 1.807) is 0 Å². The Balaban J connectivity index is 0.000000197. The van der Waals surface area contributed by atoms with E-state index in [0.29, 0.717) is 11.4 Å². The second-order valence-electron chi connectivity index (χ2n) is 10.6. The molecule has 2 aromatic carbocycles. The van der Waals surface area contributed by atoms with Crippen molar-refractivity contribution < 1.29 is 47.9 Å². The number of hydrogen-bond donors (Lipinski definition) is 4. The van der Waals surface area contributed by atoms with Gasteiger partial charge in [0.1, 0.15) is 18.0 Å². The largest absolute Gasteiger partial charge is 0.399 e. The van der Waals surface area contributed by atoms with Gasteiger partial charge in [0.15, 0.2) is 0 Å². The van der Waals surface area contributed by atoms with Crippen LogP contribution < -0.4 is 21.7 Å². The number of anilines is 2. The number of halogens is 3. The van der Waals surface area contributed by atoms with Crippen LogP contribution in [-0.2, 0) is 28.8 Å². The molecule has 0 aliphatic carbocycles. The number of hydrogen-bond acceptors (Lipinski definition) is 11. The number of rotatable bonds is 5. The molecule has 0 spiro atoms. The van der Waals surface area contributed by atoms with Crippen LogP contribution in [0.15, 0.2) is 36.4 Å². The molecule has 2 aromatic rings. The summed E-state index contributed by atoms with van der Waals surface area (Å²) in [4.78, 5) is 118. The van der Waals surface area contributed by atoms with E-state index in [1.165, 1.54) is 36.4 Å². The first-order chi connectivity index (χ1) is 23.2. The minimum Gasteiger partial charge on any atom is -0.399 e. The number of amides is 9. The van der Waals surface area contributed by atoms with Crippen LogP contribution in [0.3, 0.4) is 0 Å². The molecular weight excluding hydrogens is 711 g/mol. The van der Waals surface area contributed by atoms with Crippen LogP contribution in [0.25, 0.3) is 0 Å². The predicted molar refractivity (Wildman–Crippen MR) is 172 cm³/mol. The second-order valence-corrected chi connectivity index (χ2v) is 11.6. The molecule has 2 atom stereocenters. The fourth-order valence-electron chi connectivity index (χ4n) is 5.23. The number of alkyl halides is 2. The molecule has 2 saturated heterocycles. The fourth-order valence-corrected chi connectivity index (χ4v) is 5.30. The average Bonchev–Trinajstić information content (AvgIpc) is 3.45. The Morgan fingerprint density at radius 3 is 1.55 bits per heavy atom. The maximum Gasteiger partial charge on any atom is 0.262 e. The topological polar surface area (TPSA) is 239 Å². The predicted octanol–water partition coefficient (Wildman–Crippen LogP) is 0.926. The number of nitrogen functional groups attached to an aromatic ring is 1. The Morgan fingerprint density at radius 2 is 1.12 bits per heavy atom. The molecular formula is C30H25Cl3N6O10. The Labute approximate surface area is 291 Å². The summed E-state index contributed by atoms with van der Waals surface area (Å²) in [5.41, 5.74) is 6.96. The Bertz CT molecular complexity index is 1830. The normalized spacial score (nSPS) is 19.6. The van der Waals surface area contributed by atoms with Gasteiger partial charge in [-0.1, -0.05) is 0 Å². The average molecular weight is 736 g/mol. The number of benzene rings is 2. The van der Waals surface area contributed by atoms with Crippen molar-refractivity contribution in [3.8, 4) is 0 Å². The molecule has 0 radical (unpaired) electrons. The third-order valence-electron chi connectivity index (χ3n) is 7.41.